The van der Waals surface area contributed by atoms with E-state index in [4.69, 9.17) is 5.11 Å². The lowest BCUT2D eigenvalue weighted by molar-refractivity contribution is -0.137. The smallest absolute Gasteiger partial charge is 0.416 e. The summed E-state index contributed by atoms with van der Waals surface area (Å²) in [5.74, 6) is 0. The third-order valence-electron chi connectivity index (χ3n) is 4.20. The molecule has 2 aliphatic rings. The van der Waals surface area contributed by atoms with Crippen LogP contribution in [0, 0.1) is 0 Å². The molecule has 0 spiro atoms. The summed E-state index contributed by atoms with van der Waals surface area (Å²) in [7, 11) is 0. The van der Waals surface area contributed by atoms with Crippen LogP contribution in [-0.4, -0.2) is 41.3 Å². The van der Waals surface area contributed by atoms with Crippen molar-refractivity contribution >= 4 is 11.8 Å². The Labute approximate surface area is 119 Å². The van der Waals surface area contributed by atoms with Gasteiger partial charge < -0.3 is 14.9 Å². The van der Waals surface area contributed by atoms with Crippen LogP contribution in [0.2, 0.25) is 0 Å². The molecule has 0 radical (unpaired) electrons. The van der Waals surface area contributed by atoms with E-state index < -0.39 is 17.8 Å². The zero-order chi connectivity index (χ0) is 15.4. The number of fused-ring (bicyclic) bond motifs is 3. The maximum Gasteiger partial charge on any atom is 0.416 e. The third-order valence-corrected chi connectivity index (χ3v) is 4.20. The molecule has 1 fully saturated rings. The molecule has 2 aliphatic heterocycles. The number of alkyl halides is 3. The molecular weight excluding hydrogens is 285 g/mol. The minimum Gasteiger partial charge on any atom is -0.465 e. The van der Waals surface area contributed by atoms with E-state index in [0.717, 1.165) is 11.6 Å². The highest BCUT2D eigenvalue weighted by Crippen LogP contribution is 2.40. The summed E-state index contributed by atoms with van der Waals surface area (Å²) >= 11 is 0. The second kappa shape index (κ2) is 4.54. The van der Waals surface area contributed by atoms with Crippen molar-refractivity contribution in [2.45, 2.75) is 31.6 Å². The van der Waals surface area contributed by atoms with Crippen molar-refractivity contribution in [1.29, 1.82) is 0 Å². The number of benzene rings is 1. The molecule has 0 bridgehead atoms. The third kappa shape index (κ3) is 2.30. The largest absolute Gasteiger partial charge is 0.465 e. The molecule has 1 amide bonds. The highest BCUT2D eigenvalue weighted by molar-refractivity contribution is 5.68. The van der Waals surface area contributed by atoms with Crippen LogP contribution in [-0.2, 0) is 12.6 Å². The van der Waals surface area contributed by atoms with Crippen molar-refractivity contribution < 1.29 is 23.1 Å². The van der Waals surface area contributed by atoms with Crippen LogP contribution < -0.4 is 4.90 Å². The Morgan fingerprint density at radius 3 is 2.67 bits per heavy atom. The predicted octanol–water partition coefficient (Wildman–Crippen LogP) is 2.82. The highest BCUT2D eigenvalue weighted by atomic mass is 19.4. The molecule has 1 aromatic rings. The predicted molar refractivity (Wildman–Crippen MR) is 70.5 cm³/mol. The topological polar surface area (TPSA) is 43.8 Å². The number of anilines is 1. The van der Waals surface area contributed by atoms with Crippen LogP contribution in [0.1, 0.15) is 18.1 Å². The fourth-order valence-corrected chi connectivity index (χ4v) is 3.34. The Bertz CT molecular complexity index is 588. The number of halogens is 3. The van der Waals surface area contributed by atoms with Crippen molar-refractivity contribution in [3.05, 3.63) is 29.3 Å². The molecule has 2 unspecified atom stereocenters. The normalized spacial score (nSPS) is 24.8. The fraction of sp³-hybridized carbons (Fsp3) is 0.500. The van der Waals surface area contributed by atoms with E-state index >= 15 is 0 Å². The van der Waals surface area contributed by atoms with Gasteiger partial charge in [0.15, 0.2) is 0 Å². The Morgan fingerprint density at radius 1 is 1.33 bits per heavy atom. The molecule has 0 saturated carbocycles. The monoisotopic (exact) mass is 300 g/mol. The molecule has 1 aromatic carbocycles. The summed E-state index contributed by atoms with van der Waals surface area (Å²) in [6.45, 7) is 2.48. The SMILES string of the molecule is CC1CN(C(=O)O)CC2Cc3ccc(C(F)(F)F)cc3N12. The van der Waals surface area contributed by atoms with Gasteiger partial charge >= 0.3 is 12.3 Å². The number of piperazine rings is 1. The fourth-order valence-electron chi connectivity index (χ4n) is 3.34. The molecule has 2 atom stereocenters. The molecule has 7 heteroatoms. The average Bonchev–Trinajstić information content (AvgIpc) is 2.75. The van der Waals surface area contributed by atoms with Gasteiger partial charge in [-0.1, -0.05) is 6.07 Å². The number of carbonyl (C=O) groups is 1. The van der Waals surface area contributed by atoms with Gasteiger partial charge in [0.05, 0.1) is 11.6 Å². The van der Waals surface area contributed by atoms with Crippen LogP contribution in [0.4, 0.5) is 23.7 Å². The Kier molecular flexibility index (Phi) is 3.04. The van der Waals surface area contributed by atoms with Gasteiger partial charge in [-0.3, -0.25) is 0 Å². The van der Waals surface area contributed by atoms with Gasteiger partial charge in [0.2, 0.25) is 0 Å². The van der Waals surface area contributed by atoms with E-state index in [1.54, 1.807) is 0 Å². The molecule has 0 aromatic heterocycles. The summed E-state index contributed by atoms with van der Waals surface area (Å²) in [6.07, 6.45) is -4.76. The molecule has 3 rings (SSSR count). The molecular formula is C14H15F3N2O2. The minimum atomic E-state index is -4.36. The Balaban J connectivity index is 1.94. The van der Waals surface area contributed by atoms with Crippen molar-refractivity contribution in [1.82, 2.24) is 4.90 Å². The summed E-state index contributed by atoms with van der Waals surface area (Å²) in [4.78, 5) is 14.4. The maximum absolute atomic E-state index is 12.8. The van der Waals surface area contributed by atoms with Gasteiger partial charge in [-0.15, -0.1) is 0 Å². The molecule has 4 nitrogen and oxygen atoms in total. The Morgan fingerprint density at radius 2 is 2.05 bits per heavy atom. The molecule has 1 N–H and O–H groups in total. The second-order valence-corrected chi connectivity index (χ2v) is 5.64. The van der Waals surface area contributed by atoms with Crippen LogP contribution in [0.5, 0.6) is 0 Å². The highest BCUT2D eigenvalue weighted by Gasteiger charge is 2.41. The first-order chi connectivity index (χ1) is 9.77. The number of nitrogens with zero attached hydrogens (tertiary/aromatic N) is 2. The van der Waals surface area contributed by atoms with E-state index in [9.17, 15) is 18.0 Å². The maximum atomic E-state index is 12.8. The van der Waals surface area contributed by atoms with E-state index in [0.29, 0.717) is 25.2 Å². The van der Waals surface area contributed by atoms with E-state index in [1.807, 2.05) is 11.8 Å². The Hall–Kier alpha value is -1.92. The average molecular weight is 300 g/mol. The van der Waals surface area contributed by atoms with Crippen LogP contribution in [0.25, 0.3) is 0 Å². The zero-order valence-electron chi connectivity index (χ0n) is 11.4. The number of carboxylic acid groups (broad SMARTS) is 1. The number of rotatable bonds is 0. The molecule has 114 valence electrons. The lowest BCUT2D eigenvalue weighted by Gasteiger charge is -2.42. The van der Waals surface area contributed by atoms with Gasteiger partial charge in [-0.05, 0) is 31.0 Å². The molecule has 1 saturated heterocycles. The summed E-state index contributed by atoms with van der Waals surface area (Å²) in [5.41, 5.74) is 0.786. The van der Waals surface area contributed by atoms with Gasteiger partial charge in [0.25, 0.3) is 0 Å². The molecule has 2 heterocycles. The first-order valence-electron chi connectivity index (χ1n) is 6.73. The first-order valence-corrected chi connectivity index (χ1v) is 6.73. The first kappa shape index (κ1) is 14.0. The van der Waals surface area contributed by atoms with Crippen LogP contribution in [0.3, 0.4) is 0 Å². The molecule has 21 heavy (non-hydrogen) atoms. The van der Waals surface area contributed by atoms with Gasteiger partial charge in [-0.25, -0.2) is 4.79 Å². The van der Waals surface area contributed by atoms with E-state index in [1.165, 1.54) is 17.0 Å². The van der Waals surface area contributed by atoms with Crippen molar-refractivity contribution in [3.63, 3.8) is 0 Å². The van der Waals surface area contributed by atoms with Crippen LogP contribution in [0.15, 0.2) is 18.2 Å². The zero-order valence-corrected chi connectivity index (χ0v) is 11.4. The molecule has 0 aliphatic carbocycles. The van der Waals surface area contributed by atoms with E-state index in [-0.39, 0.29) is 12.1 Å². The van der Waals surface area contributed by atoms with Crippen molar-refractivity contribution in [3.8, 4) is 0 Å². The number of amides is 1. The van der Waals surface area contributed by atoms with Gasteiger partial charge in [0, 0.05) is 24.8 Å². The van der Waals surface area contributed by atoms with E-state index in [2.05, 4.69) is 0 Å². The summed E-state index contributed by atoms with van der Waals surface area (Å²) in [6, 6.07) is 3.57. The lowest BCUT2D eigenvalue weighted by Crippen LogP contribution is -2.57. The quantitative estimate of drug-likeness (QED) is 0.801. The lowest BCUT2D eigenvalue weighted by atomic mass is 10.1. The number of hydrogen-bond donors (Lipinski definition) is 1. The van der Waals surface area contributed by atoms with Crippen molar-refractivity contribution in [2.75, 3.05) is 18.0 Å². The number of hydrogen-bond acceptors (Lipinski definition) is 2. The summed E-state index contributed by atoms with van der Waals surface area (Å²) in [5, 5.41) is 9.10. The minimum absolute atomic E-state index is 0.0802. The standard InChI is InChI=1S/C14H15F3N2O2/c1-8-6-18(13(20)21)7-11-4-9-2-3-10(14(15,16)17)5-12(9)19(8)11/h2-3,5,8,11H,4,6-7H2,1H3,(H,20,21). The van der Waals surface area contributed by atoms with Gasteiger partial charge in [0.1, 0.15) is 0 Å². The van der Waals surface area contributed by atoms with Gasteiger partial charge in [-0.2, -0.15) is 13.2 Å². The second-order valence-electron chi connectivity index (χ2n) is 5.64. The van der Waals surface area contributed by atoms with Crippen LogP contribution >= 0.6 is 0 Å². The van der Waals surface area contributed by atoms with Crippen molar-refractivity contribution in [2.24, 2.45) is 0 Å². The summed E-state index contributed by atoms with van der Waals surface area (Å²) < 4.78 is 38.5.